The van der Waals surface area contributed by atoms with Crippen molar-refractivity contribution in [2.75, 3.05) is 5.73 Å². The molecular weight excluding hydrogens is 200 g/mol. The summed E-state index contributed by atoms with van der Waals surface area (Å²) in [7, 11) is 0. The summed E-state index contributed by atoms with van der Waals surface area (Å²) in [5, 5.41) is 4.73. The molecule has 2 rings (SSSR count). The molecule has 0 atom stereocenters. The Morgan fingerprint density at radius 2 is 2.29 bits per heavy atom. The number of nitrogen functional groups attached to an aromatic ring is 1. The molecule has 5 heteroatoms. The Morgan fingerprint density at radius 1 is 1.50 bits per heavy atom. The third-order valence-electron chi connectivity index (χ3n) is 1.97. The number of halogens is 1. The van der Waals surface area contributed by atoms with Gasteiger partial charge in [-0.05, 0) is 13.0 Å². The van der Waals surface area contributed by atoms with Gasteiger partial charge in [-0.25, -0.2) is 9.67 Å². The largest absolute Gasteiger partial charge is 0.396 e. The molecule has 0 spiro atoms. The average Bonchev–Trinajstić information content (AvgIpc) is 2.48. The molecule has 0 radical (unpaired) electrons. The van der Waals surface area contributed by atoms with Crippen molar-refractivity contribution in [2.45, 2.75) is 6.92 Å². The molecule has 2 aromatic heterocycles. The van der Waals surface area contributed by atoms with Gasteiger partial charge < -0.3 is 5.73 Å². The van der Waals surface area contributed by atoms with Gasteiger partial charge in [0.2, 0.25) is 0 Å². The Labute approximate surface area is 86.3 Å². The van der Waals surface area contributed by atoms with Crippen LogP contribution in [0.25, 0.3) is 5.82 Å². The molecule has 0 saturated carbocycles. The van der Waals surface area contributed by atoms with Crippen molar-refractivity contribution in [1.82, 2.24) is 14.8 Å². The van der Waals surface area contributed by atoms with E-state index in [0.29, 0.717) is 16.5 Å². The highest BCUT2D eigenvalue weighted by Gasteiger charge is 2.05. The van der Waals surface area contributed by atoms with Crippen LogP contribution in [0.5, 0.6) is 0 Å². The van der Waals surface area contributed by atoms with E-state index in [1.54, 1.807) is 29.2 Å². The molecule has 2 N–H and O–H groups in total. The first-order valence-electron chi connectivity index (χ1n) is 4.10. The van der Waals surface area contributed by atoms with Crippen LogP contribution in [0.15, 0.2) is 24.5 Å². The molecular formula is C9H9ClN4. The summed E-state index contributed by atoms with van der Waals surface area (Å²) in [5.74, 6) is 0.673. The zero-order valence-electron chi connectivity index (χ0n) is 7.61. The molecule has 72 valence electrons. The van der Waals surface area contributed by atoms with E-state index in [4.69, 9.17) is 17.3 Å². The predicted octanol–water partition coefficient (Wildman–Crippen LogP) is 1.81. The smallest absolute Gasteiger partial charge is 0.155 e. The molecule has 0 aliphatic heterocycles. The van der Waals surface area contributed by atoms with E-state index in [-0.39, 0.29) is 0 Å². The van der Waals surface area contributed by atoms with E-state index in [1.807, 2.05) is 6.92 Å². The standard InChI is InChI=1S/C9H9ClN4/c1-6-8(11)5-13-14(6)9-4-7(10)2-3-12-9/h2-5H,11H2,1H3. The van der Waals surface area contributed by atoms with E-state index < -0.39 is 0 Å². The minimum Gasteiger partial charge on any atom is -0.396 e. The molecule has 0 aliphatic rings. The normalized spacial score (nSPS) is 10.4. The monoisotopic (exact) mass is 208 g/mol. The van der Waals surface area contributed by atoms with Crippen molar-refractivity contribution < 1.29 is 0 Å². The highest BCUT2D eigenvalue weighted by Crippen LogP contribution is 2.16. The summed E-state index contributed by atoms with van der Waals surface area (Å²) >= 11 is 5.84. The van der Waals surface area contributed by atoms with Gasteiger partial charge >= 0.3 is 0 Å². The lowest BCUT2D eigenvalue weighted by molar-refractivity contribution is 0.818. The molecule has 0 bridgehead atoms. The second-order valence-corrected chi connectivity index (χ2v) is 3.37. The highest BCUT2D eigenvalue weighted by atomic mass is 35.5. The number of anilines is 1. The SMILES string of the molecule is Cc1c(N)cnn1-c1cc(Cl)ccn1. The number of rotatable bonds is 1. The van der Waals surface area contributed by atoms with Gasteiger partial charge in [-0.3, -0.25) is 0 Å². The predicted molar refractivity (Wildman–Crippen MR) is 55.5 cm³/mol. The van der Waals surface area contributed by atoms with Crippen LogP contribution in [0, 0.1) is 6.92 Å². The molecule has 0 amide bonds. The maximum atomic E-state index is 5.84. The Hall–Kier alpha value is -1.55. The van der Waals surface area contributed by atoms with Crippen molar-refractivity contribution in [3.8, 4) is 5.82 Å². The van der Waals surface area contributed by atoms with Gasteiger partial charge in [0.1, 0.15) is 0 Å². The number of hydrogen-bond donors (Lipinski definition) is 1. The van der Waals surface area contributed by atoms with Gasteiger partial charge in [0, 0.05) is 17.3 Å². The van der Waals surface area contributed by atoms with Crippen molar-refractivity contribution in [2.24, 2.45) is 0 Å². The van der Waals surface area contributed by atoms with Crippen molar-refractivity contribution in [3.63, 3.8) is 0 Å². The Bertz CT molecular complexity index is 464. The van der Waals surface area contributed by atoms with Gasteiger partial charge in [0.25, 0.3) is 0 Å². The zero-order valence-corrected chi connectivity index (χ0v) is 8.36. The minimum absolute atomic E-state index is 0.628. The third-order valence-corrected chi connectivity index (χ3v) is 2.21. The third kappa shape index (κ3) is 1.44. The summed E-state index contributed by atoms with van der Waals surface area (Å²) in [4.78, 5) is 4.14. The van der Waals surface area contributed by atoms with Crippen LogP contribution in [0.1, 0.15) is 5.69 Å². The molecule has 14 heavy (non-hydrogen) atoms. The fraction of sp³-hybridized carbons (Fsp3) is 0.111. The molecule has 0 aromatic carbocycles. The van der Waals surface area contributed by atoms with E-state index >= 15 is 0 Å². The maximum Gasteiger partial charge on any atom is 0.155 e. The van der Waals surface area contributed by atoms with Gasteiger partial charge in [-0.15, -0.1) is 0 Å². The number of nitrogens with two attached hydrogens (primary N) is 1. The molecule has 0 unspecified atom stereocenters. The number of hydrogen-bond acceptors (Lipinski definition) is 3. The summed E-state index contributed by atoms with van der Waals surface area (Å²) in [6.45, 7) is 1.88. The molecule has 2 heterocycles. The van der Waals surface area contributed by atoms with E-state index in [0.717, 1.165) is 5.69 Å². The summed E-state index contributed by atoms with van der Waals surface area (Å²) in [5.41, 5.74) is 7.18. The van der Waals surface area contributed by atoms with E-state index in [1.165, 1.54) is 0 Å². The van der Waals surface area contributed by atoms with Crippen LogP contribution in [0.2, 0.25) is 5.02 Å². The lowest BCUT2D eigenvalue weighted by Gasteiger charge is -2.02. The molecule has 0 aliphatic carbocycles. The van der Waals surface area contributed by atoms with Crippen molar-refractivity contribution in [3.05, 3.63) is 35.2 Å². The Balaban J connectivity index is 2.55. The topological polar surface area (TPSA) is 56.7 Å². The number of aromatic nitrogens is 3. The average molecular weight is 209 g/mol. The van der Waals surface area contributed by atoms with Crippen LogP contribution in [-0.2, 0) is 0 Å². The van der Waals surface area contributed by atoms with E-state index in [2.05, 4.69) is 10.1 Å². The fourth-order valence-electron chi connectivity index (χ4n) is 1.16. The lowest BCUT2D eigenvalue weighted by atomic mass is 10.4. The quantitative estimate of drug-likeness (QED) is 0.778. The van der Waals surface area contributed by atoms with Gasteiger partial charge in [0.15, 0.2) is 5.82 Å². The van der Waals surface area contributed by atoms with Crippen LogP contribution in [0.3, 0.4) is 0 Å². The molecule has 0 fully saturated rings. The number of nitrogens with zero attached hydrogens (tertiary/aromatic N) is 3. The van der Waals surface area contributed by atoms with Crippen molar-refractivity contribution in [1.29, 1.82) is 0 Å². The molecule has 4 nitrogen and oxygen atoms in total. The van der Waals surface area contributed by atoms with Crippen LogP contribution < -0.4 is 5.73 Å². The first-order valence-corrected chi connectivity index (χ1v) is 4.48. The van der Waals surface area contributed by atoms with Crippen molar-refractivity contribution >= 4 is 17.3 Å². The second kappa shape index (κ2) is 3.31. The molecule has 0 saturated heterocycles. The van der Waals surface area contributed by atoms with Crippen LogP contribution >= 0.6 is 11.6 Å². The zero-order chi connectivity index (χ0) is 10.1. The van der Waals surface area contributed by atoms with Gasteiger partial charge in [-0.1, -0.05) is 11.6 Å². The fourth-order valence-corrected chi connectivity index (χ4v) is 1.32. The van der Waals surface area contributed by atoms with Crippen LogP contribution in [0.4, 0.5) is 5.69 Å². The van der Waals surface area contributed by atoms with Crippen LogP contribution in [-0.4, -0.2) is 14.8 Å². The lowest BCUT2D eigenvalue weighted by Crippen LogP contribution is -2.01. The van der Waals surface area contributed by atoms with Gasteiger partial charge in [-0.2, -0.15) is 5.10 Å². The first kappa shape index (κ1) is 9.02. The first-order chi connectivity index (χ1) is 6.68. The Kier molecular flexibility index (Phi) is 2.13. The summed E-state index contributed by atoms with van der Waals surface area (Å²) in [6, 6.07) is 3.45. The van der Waals surface area contributed by atoms with Gasteiger partial charge in [0.05, 0.1) is 17.6 Å². The minimum atomic E-state index is 0.628. The highest BCUT2D eigenvalue weighted by molar-refractivity contribution is 6.30. The maximum absolute atomic E-state index is 5.84. The summed E-state index contributed by atoms with van der Waals surface area (Å²) < 4.78 is 1.65. The number of pyridine rings is 1. The second-order valence-electron chi connectivity index (χ2n) is 2.93. The van der Waals surface area contributed by atoms with E-state index in [9.17, 15) is 0 Å². The Morgan fingerprint density at radius 3 is 2.86 bits per heavy atom. The molecule has 2 aromatic rings. The summed E-state index contributed by atoms with van der Waals surface area (Å²) in [6.07, 6.45) is 3.23.